The summed E-state index contributed by atoms with van der Waals surface area (Å²) in [5.41, 5.74) is 4.02. The predicted molar refractivity (Wildman–Crippen MR) is 102 cm³/mol. The second-order valence-electron chi connectivity index (χ2n) is 6.43. The molecule has 27 heavy (non-hydrogen) atoms. The maximum atomic E-state index is 14.4. The molecule has 0 fully saturated rings. The van der Waals surface area contributed by atoms with Crippen molar-refractivity contribution in [3.8, 4) is 11.3 Å². The lowest BCUT2D eigenvalue weighted by atomic mass is 10.1. The van der Waals surface area contributed by atoms with E-state index in [0.29, 0.717) is 28.9 Å². The molecule has 3 heterocycles. The van der Waals surface area contributed by atoms with Gasteiger partial charge in [-0.15, -0.1) is 0 Å². The number of fused-ring (bicyclic) bond motifs is 2. The number of rotatable bonds is 2. The molecule has 2 aromatic carbocycles. The van der Waals surface area contributed by atoms with Gasteiger partial charge in [0.25, 0.3) is 0 Å². The molecule has 1 amide bonds. The fraction of sp³-hybridized carbons (Fsp3) is 0.0455. The van der Waals surface area contributed by atoms with Crippen molar-refractivity contribution in [2.75, 3.05) is 4.90 Å². The van der Waals surface area contributed by atoms with Crippen molar-refractivity contribution in [3.63, 3.8) is 0 Å². The molecule has 0 saturated heterocycles. The van der Waals surface area contributed by atoms with Crippen molar-refractivity contribution in [1.29, 1.82) is 0 Å². The van der Waals surface area contributed by atoms with E-state index in [-0.39, 0.29) is 11.7 Å². The normalized spacial score (nSPS) is 13.2. The van der Waals surface area contributed by atoms with Crippen molar-refractivity contribution in [3.05, 3.63) is 84.4 Å². The number of nitrogens with zero attached hydrogens (tertiary/aromatic N) is 3. The van der Waals surface area contributed by atoms with Crippen LogP contribution < -0.4 is 4.90 Å². The standard InChI is InChI=1S/C22H14FN3O/c23-17-7-3-1-5-15(17)19-12-21(16-6-2-4-8-18(16)25-19)26-20-9-10-24-13-14(20)11-22(26)27/h1-10,12-13H,11H2. The van der Waals surface area contributed by atoms with Crippen LogP contribution >= 0.6 is 0 Å². The van der Waals surface area contributed by atoms with Crippen LogP contribution in [0.25, 0.3) is 22.2 Å². The number of carbonyl (C=O) groups excluding carboxylic acids is 1. The van der Waals surface area contributed by atoms with Gasteiger partial charge in [-0.25, -0.2) is 9.37 Å². The number of halogens is 1. The summed E-state index contributed by atoms with van der Waals surface area (Å²) in [6.45, 7) is 0. The maximum absolute atomic E-state index is 14.4. The number of hydrogen-bond donors (Lipinski definition) is 0. The highest BCUT2D eigenvalue weighted by Crippen LogP contribution is 2.40. The van der Waals surface area contributed by atoms with Crippen LogP contribution in [0.3, 0.4) is 0 Å². The van der Waals surface area contributed by atoms with E-state index in [0.717, 1.165) is 16.6 Å². The molecule has 4 nitrogen and oxygen atoms in total. The third-order valence-corrected chi connectivity index (χ3v) is 4.79. The minimum atomic E-state index is -0.344. The second kappa shape index (κ2) is 5.99. The summed E-state index contributed by atoms with van der Waals surface area (Å²) in [6, 6.07) is 17.7. The molecule has 2 aromatic heterocycles. The van der Waals surface area contributed by atoms with E-state index in [1.165, 1.54) is 6.07 Å². The number of hydrogen-bond acceptors (Lipinski definition) is 3. The first kappa shape index (κ1) is 15.6. The summed E-state index contributed by atoms with van der Waals surface area (Å²) in [4.78, 5) is 23.2. The lowest BCUT2D eigenvalue weighted by Gasteiger charge is -2.20. The van der Waals surface area contributed by atoms with Crippen LogP contribution in [0.15, 0.2) is 73.1 Å². The molecule has 0 aliphatic carbocycles. The Labute approximate surface area is 154 Å². The summed E-state index contributed by atoms with van der Waals surface area (Å²) in [7, 11) is 0. The zero-order valence-corrected chi connectivity index (χ0v) is 14.3. The van der Waals surface area contributed by atoms with Crippen molar-refractivity contribution in [2.24, 2.45) is 0 Å². The summed E-state index contributed by atoms with van der Waals surface area (Å²) in [5.74, 6) is -0.377. The van der Waals surface area contributed by atoms with E-state index in [2.05, 4.69) is 9.97 Å². The highest BCUT2D eigenvalue weighted by Gasteiger charge is 2.30. The number of amides is 1. The zero-order chi connectivity index (χ0) is 18.4. The van der Waals surface area contributed by atoms with E-state index < -0.39 is 0 Å². The van der Waals surface area contributed by atoms with Gasteiger partial charge in [0.1, 0.15) is 5.82 Å². The summed E-state index contributed by atoms with van der Waals surface area (Å²) in [5, 5.41) is 0.843. The first-order valence-corrected chi connectivity index (χ1v) is 8.63. The molecule has 0 bridgehead atoms. The van der Waals surface area contributed by atoms with E-state index in [1.54, 1.807) is 41.6 Å². The molecule has 0 atom stereocenters. The smallest absolute Gasteiger partial charge is 0.236 e. The number of anilines is 2. The van der Waals surface area contributed by atoms with Gasteiger partial charge in [-0.2, -0.15) is 0 Å². The minimum absolute atomic E-state index is 0.0335. The molecule has 0 unspecified atom stereocenters. The lowest BCUT2D eigenvalue weighted by Crippen LogP contribution is -2.21. The molecule has 0 saturated carbocycles. The van der Waals surface area contributed by atoms with Crippen LogP contribution in [0.2, 0.25) is 0 Å². The van der Waals surface area contributed by atoms with E-state index in [1.807, 2.05) is 30.3 Å². The number of benzene rings is 2. The van der Waals surface area contributed by atoms with E-state index in [4.69, 9.17) is 0 Å². The maximum Gasteiger partial charge on any atom is 0.236 e. The van der Waals surface area contributed by atoms with Gasteiger partial charge in [0.15, 0.2) is 0 Å². The molecule has 1 aliphatic heterocycles. The van der Waals surface area contributed by atoms with Gasteiger partial charge in [0.2, 0.25) is 5.91 Å². The monoisotopic (exact) mass is 355 g/mol. The molecule has 1 aliphatic rings. The Balaban J connectivity index is 1.80. The van der Waals surface area contributed by atoms with Gasteiger partial charge in [-0.05, 0) is 30.3 Å². The van der Waals surface area contributed by atoms with Gasteiger partial charge in [0, 0.05) is 28.9 Å². The third-order valence-electron chi connectivity index (χ3n) is 4.79. The molecular formula is C22H14FN3O. The highest BCUT2D eigenvalue weighted by atomic mass is 19.1. The van der Waals surface area contributed by atoms with Gasteiger partial charge in [-0.3, -0.25) is 14.7 Å². The molecule has 5 heteroatoms. The Hall–Kier alpha value is -3.60. The first-order valence-electron chi connectivity index (χ1n) is 8.63. The molecular weight excluding hydrogens is 341 g/mol. The van der Waals surface area contributed by atoms with Crippen LogP contribution in [0.5, 0.6) is 0 Å². The average Bonchev–Trinajstić information content (AvgIpc) is 3.03. The van der Waals surface area contributed by atoms with Crippen molar-refractivity contribution in [2.45, 2.75) is 6.42 Å². The lowest BCUT2D eigenvalue weighted by molar-refractivity contribution is -0.116. The average molecular weight is 355 g/mol. The number of aromatic nitrogens is 2. The molecule has 130 valence electrons. The highest BCUT2D eigenvalue weighted by molar-refractivity contribution is 6.12. The van der Waals surface area contributed by atoms with Gasteiger partial charge >= 0.3 is 0 Å². The fourth-order valence-electron chi connectivity index (χ4n) is 3.56. The number of para-hydroxylation sites is 1. The topological polar surface area (TPSA) is 46.1 Å². The minimum Gasteiger partial charge on any atom is -0.280 e. The fourth-order valence-corrected chi connectivity index (χ4v) is 3.56. The van der Waals surface area contributed by atoms with Crippen molar-refractivity contribution >= 4 is 28.2 Å². The van der Waals surface area contributed by atoms with Crippen molar-refractivity contribution in [1.82, 2.24) is 9.97 Å². The Morgan fingerprint density at radius 2 is 1.78 bits per heavy atom. The molecule has 4 aromatic rings. The van der Waals surface area contributed by atoms with Crippen LogP contribution in [0.4, 0.5) is 15.8 Å². The van der Waals surface area contributed by atoms with Crippen LogP contribution in [0.1, 0.15) is 5.56 Å². The Bertz CT molecular complexity index is 1210. The van der Waals surface area contributed by atoms with Crippen LogP contribution in [-0.2, 0) is 11.2 Å². The SMILES string of the molecule is O=C1Cc2cnccc2N1c1cc(-c2ccccc2F)nc2ccccc12. The molecule has 5 rings (SSSR count). The molecule has 0 N–H and O–H groups in total. The molecule has 0 radical (unpaired) electrons. The van der Waals surface area contributed by atoms with Gasteiger partial charge < -0.3 is 0 Å². The summed E-state index contributed by atoms with van der Waals surface area (Å²) < 4.78 is 14.4. The summed E-state index contributed by atoms with van der Waals surface area (Å²) in [6.07, 6.45) is 3.69. The summed E-state index contributed by atoms with van der Waals surface area (Å²) >= 11 is 0. The van der Waals surface area contributed by atoms with Crippen LogP contribution in [-0.4, -0.2) is 15.9 Å². The predicted octanol–water partition coefficient (Wildman–Crippen LogP) is 4.66. The quantitative estimate of drug-likeness (QED) is 0.525. The Morgan fingerprint density at radius 1 is 0.963 bits per heavy atom. The van der Waals surface area contributed by atoms with Crippen molar-refractivity contribution < 1.29 is 9.18 Å². The number of carbonyl (C=O) groups is 1. The van der Waals surface area contributed by atoms with Gasteiger partial charge in [0.05, 0.1) is 29.0 Å². The van der Waals surface area contributed by atoms with Crippen LogP contribution in [0, 0.1) is 5.82 Å². The molecule has 0 spiro atoms. The number of pyridine rings is 2. The zero-order valence-electron chi connectivity index (χ0n) is 14.3. The largest absolute Gasteiger partial charge is 0.280 e. The Kier molecular flexibility index (Phi) is 3.47. The van der Waals surface area contributed by atoms with E-state index in [9.17, 15) is 9.18 Å². The Morgan fingerprint density at radius 3 is 2.67 bits per heavy atom. The van der Waals surface area contributed by atoms with Gasteiger partial charge in [-0.1, -0.05) is 30.3 Å². The second-order valence-corrected chi connectivity index (χ2v) is 6.43. The first-order chi connectivity index (χ1) is 13.2. The third kappa shape index (κ3) is 2.47. The van der Waals surface area contributed by atoms with E-state index >= 15 is 0 Å².